The van der Waals surface area contributed by atoms with Crippen LogP contribution >= 0.6 is 0 Å². The first-order chi connectivity index (χ1) is 9.38. The van der Waals surface area contributed by atoms with E-state index in [1.165, 1.54) is 0 Å². The molecule has 0 heterocycles. The lowest BCUT2D eigenvalue weighted by Gasteiger charge is -2.24. The average Bonchev–Trinajstić information content (AvgIpc) is 2.44. The van der Waals surface area contributed by atoms with E-state index in [0.717, 1.165) is 6.42 Å². The monoisotopic (exact) mass is 277 g/mol. The van der Waals surface area contributed by atoms with Gasteiger partial charge in [-0.15, -0.1) is 0 Å². The molecule has 4 heteroatoms. The molecule has 0 radical (unpaired) electrons. The van der Waals surface area contributed by atoms with E-state index < -0.39 is 0 Å². The maximum atomic E-state index is 11.7. The Bertz CT molecular complexity index is 463. The highest BCUT2D eigenvalue weighted by Crippen LogP contribution is 2.13. The van der Waals surface area contributed by atoms with Crippen molar-refractivity contribution in [2.24, 2.45) is 0 Å². The largest absolute Gasteiger partial charge is 0.484 e. The van der Waals surface area contributed by atoms with Gasteiger partial charge in [-0.25, -0.2) is 0 Å². The van der Waals surface area contributed by atoms with Crippen LogP contribution in [-0.4, -0.2) is 23.8 Å². The number of ether oxygens (including phenoxy) is 1. The number of Topliss-reactive ketones (excluding diaryl/α,β-unsaturated/α-hetero) is 1. The second-order valence-corrected chi connectivity index (χ2v) is 5.38. The van der Waals surface area contributed by atoms with E-state index in [4.69, 9.17) is 4.74 Å². The molecule has 4 nitrogen and oxygen atoms in total. The molecule has 0 spiro atoms. The summed E-state index contributed by atoms with van der Waals surface area (Å²) in [7, 11) is 0. The minimum atomic E-state index is -0.224. The van der Waals surface area contributed by atoms with Crippen LogP contribution in [0, 0.1) is 0 Å². The van der Waals surface area contributed by atoms with Gasteiger partial charge in [0.2, 0.25) is 0 Å². The van der Waals surface area contributed by atoms with Crippen LogP contribution in [0.1, 0.15) is 50.9 Å². The summed E-state index contributed by atoms with van der Waals surface area (Å²) in [6, 6.07) is 6.85. The molecule has 0 aliphatic heterocycles. The molecular weight excluding hydrogens is 254 g/mol. The number of amides is 1. The van der Waals surface area contributed by atoms with Gasteiger partial charge in [0, 0.05) is 17.5 Å². The Kier molecular flexibility index (Phi) is 5.74. The predicted molar refractivity (Wildman–Crippen MR) is 79.1 cm³/mol. The zero-order valence-electron chi connectivity index (χ0n) is 12.7. The fourth-order valence-electron chi connectivity index (χ4n) is 1.59. The van der Waals surface area contributed by atoms with Gasteiger partial charge in [-0.2, -0.15) is 0 Å². The van der Waals surface area contributed by atoms with Crippen LogP contribution in [0.3, 0.4) is 0 Å². The van der Waals surface area contributed by atoms with E-state index in [1.54, 1.807) is 24.3 Å². The summed E-state index contributed by atoms with van der Waals surface area (Å²) in [5.41, 5.74) is 0.439. The molecule has 1 rings (SSSR count). The normalized spacial score (nSPS) is 11.0. The first kappa shape index (κ1) is 16.2. The quantitative estimate of drug-likeness (QED) is 0.780. The molecule has 1 aromatic rings. The Morgan fingerprint density at radius 3 is 2.25 bits per heavy atom. The third-order valence-corrected chi connectivity index (χ3v) is 3.23. The molecule has 0 bridgehead atoms. The van der Waals surface area contributed by atoms with Crippen LogP contribution in [0.2, 0.25) is 0 Å². The number of ketones is 1. The molecule has 0 unspecified atom stereocenters. The topological polar surface area (TPSA) is 55.4 Å². The summed E-state index contributed by atoms with van der Waals surface area (Å²) in [5, 5.41) is 2.90. The number of hydrogen-bond acceptors (Lipinski definition) is 3. The Hall–Kier alpha value is -1.84. The smallest absolute Gasteiger partial charge is 0.258 e. The van der Waals surface area contributed by atoms with Gasteiger partial charge in [-0.1, -0.05) is 13.8 Å². The van der Waals surface area contributed by atoms with E-state index in [-0.39, 0.29) is 23.8 Å². The number of rotatable bonds is 7. The maximum absolute atomic E-state index is 11.7. The molecule has 0 aliphatic carbocycles. The van der Waals surface area contributed by atoms with E-state index >= 15 is 0 Å². The first-order valence-corrected chi connectivity index (χ1v) is 6.95. The van der Waals surface area contributed by atoms with Crippen LogP contribution in [0.15, 0.2) is 24.3 Å². The van der Waals surface area contributed by atoms with E-state index in [9.17, 15) is 9.59 Å². The van der Waals surface area contributed by atoms with Crippen molar-refractivity contribution in [3.05, 3.63) is 29.8 Å². The minimum Gasteiger partial charge on any atom is -0.484 e. The molecule has 0 aliphatic rings. The summed E-state index contributed by atoms with van der Waals surface area (Å²) >= 11 is 0. The average molecular weight is 277 g/mol. The van der Waals surface area contributed by atoms with Gasteiger partial charge in [0.25, 0.3) is 5.91 Å². The van der Waals surface area contributed by atoms with Crippen LogP contribution in [-0.2, 0) is 4.79 Å². The molecule has 0 saturated heterocycles. The van der Waals surface area contributed by atoms with Gasteiger partial charge in [-0.05, 0) is 44.5 Å². The van der Waals surface area contributed by atoms with Crippen molar-refractivity contribution in [2.45, 2.75) is 46.1 Å². The molecule has 0 aromatic heterocycles. The third kappa shape index (κ3) is 5.03. The van der Waals surface area contributed by atoms with E-state index in [2.05, 4.69) is 5.32 Å². The maximum Gasteiger partial charge on any atom is 0.258 e. The molecule has 0 fully saturated rings. The number of carbonyl (C=O) groups is 2. The summed E-state index contributed by atoms with van der Waals surface area (Å²) in [6.45, 7) is 7.76. The zero-order valence-corrected chi connectivity index (χ0v) is 12.7. The molecular formula is C16H23NO3. The van der Waals surface area contributed by atoms with Crippen molar-refractivity contribution in [1.82, 2.24) is 5.32 Å². The number of nitrogens with one attached hydrogen (secondary N) is 1. The first-order valence-electron chi connectivity index (χ1n) is 6.95. The number of carbonyl (C=O) groups excluding carboxylic acids is 2. The summed E-state index contributed by atoms with van der Waals surface area (Å²) in [4.78, 5) is 23.2. The van der Waals surface area contributed by atoms with Gasteiger partial charge < -0.3 is 10.1 Å². The zero-order chi connectivity index (χ0) is 15.2. The SMILES string of the molecule is CCC(=O)c1ccc(OCC(=O)NC(C)(C)CC)cc1. The van der Waals surface area contributed by atoms with Gasteiger partial charge in [0.1, 0.15) is 5.75 Å². The fraction of sp³-hybridized carbons (Fsp3) is 0.500. The molecule has 110 valence electrons. The minimum absolute atomic E-state index is 0.0233. The summed E-state index contributed by atoms with van der Waals surface area (Å²) in [6.07, 6.45) is 1.33. The van der Waals surface area contributed by atoms with E-state index in [0.29, 0.717) is 17.7 Å². The Morgan fingerprint density at radius 1 is 1.15 bits per heavy atom. The highest BCUT2D eigenvalue weighted by Gasteiger charge is 2.17. The van der Waals surface area contributed by atoms with Crippen molar-refractivity contribution in [3.63, 3.8) is 0 Å². The lowest BCUT2D eigenvalue weighted by Crippen LogP contribution is -2.44. The Labute approximate surface area is 120 Å². The fourth-order valence-corrected chi connectivity index (χ4v) is 1.59. The van der Waals surface area contributed by atoms with Crippen LogP contribution in [0.4, 0.5) is 0 Å². The van der Waals surface area contributed by atoms with Gasteiger partial charge in [0.15, 0.2) is 12.4 Å². The molecule has 1 N–H and O–H groups in total. The van der Waals surface area contributed by atoms with Crippen molar-refractivity contribution < 1.29 is 14.3 Å². The second kappa shape index (κ2) is 7.08. The lowest BCUT2D eigenvalue weighted by atomic mass is 10.0. The standard InChI is InChI=1S/C16H23NO3/c1-5-14(18)12-7-9-13(10-8-12)20-11-15(19)17-16(3,4)6-2/h7-10H,5-6,11H2,1-4H3,(H,17,19). The Morgan fingerprint density at radius 2 is 1.75 bits per heavy atom. The van der Waals surface area contributed by atoms with Gasteiger partial charge in [-0.3, -0.25) is 9.59 Å². The van der Waals surface area contributed by atoms with Crippen molar-refractivity contribution in [3.8, 4) is 5.75 Å². The molecule has 20 heavy (non-hydrogen) atoms. The highest BCUT2D eigenvalue weighted by molar-refractivity contribution is 5.95. The van der Waals surface area contributed by atoms with Crippen molar-refractivity contribution in [1.29, 1.82) is 0 Å². The summed E-state index contributed by atoms with van der Waals surface area (Å²) in [5.74, 6) is 0.534. The molecule has 0 saturated carbocycles. The number of hydrogen-bond donors (Lipinski definition) is 1. The lowest BCUT2D eigenvalue weighted by molar-refractivity contribution is -0.124. The van der Waals surface area contributed by atoms with Crippen LogP contribution < -0.4 is 10.1 Å². The second-order valence-electron chi connectivity index (χ2n) is 5.38. The van der Waals surface area contributed by atoms with Gasteiger partial charge in [0.05, 0.1) is 0 Å². The van der Waals surface area contributed by atoms with Crippen LogP contribution in [0.25, 0.3) is 0 Å². The van der Waals surface area contributed by atoms with Crippen molar-refractivity contribution >= 4 is 11.7 Å². The predicted octanol–water partition coefficient (Wildman–Crippen LogP) is 2.96. The van der Waals surface area contributed by atoms with E-state index in [1.807, 2.05) is 27.7 Å². The molecule has 0 atom stereocenters. The van der Waals surface area contributed by atoms with Gasteiger partial charge >= 0.3 is 0 Å². The number of benzene rings is 1. The highest BCUT2D eigenvalue weighted by atomic mass is 16.5. The molecule has 1 aromatic carbocycles. The molecule has 1 amide bonds. The summed E-state index contributed by atoms with van der Waals surface area (Å²) < 4.78 is 5.40. The van der Waals surface area contributed by atoms with Crippen LogP contribution in [0.5, 0.6) is 5.75 Å². The van der Waals surface area contributed by atoms with Crippen molar-refractivity contribution in [2.75, 3.05) is 6.61 Å². The Balaban J connectivity index is 2.50. The third-order valence-electron chi connectivity index (χ3n) is 3.23.